The summed E-state index contributed by atoms with van der Waals surface area (Å²) in [4.78, 5) is 38.9. The Morgan fingerprint density at radius 1 is 1.00 bits per heavy atom. The van der Waals surface area contributed by atoms with Crippen molar-refractivity contribution in [1.82, 2.24) is 25.0 Å². The van der Waals surface area contributed by atoms with Crippen LogP contribution in [0.1, 0.15) is 27.3 Å². The number of carboxylic acid groups (broad SMARTS) is 2. The Morgan fingerprint density at radius 2 is 1.58 bits per heavy atom. The van der Waals surface area contributed by atoms with E-state index >= 15 is 0 Å². The highest BCUT2D eigenvalue weighted by Crippen LogP contribution is 2.23. The molecule has 1 saturated heterocycles. The number of aromatic nitrogens is 3. The first-order chi connectivity index (χ1) is 17.7. The number of H-pyrrole nitrogens is 1. The SMILES string of the molecule is O=C(O)C(F)(F)F.O=C(O)C(F)(F)F.O=C(c1n[nH]c2c1CN(Cc1cccnc1)CC2)N1CCOCC1. The minimum atomic E-state index is -5.08. The normalized spacial score (nSPS) is 15.8. The van der Waals surface area contributed by atoms with Crippen LogP contribution in [-0.4, -0.2) is 98.2 Å². The number of aliphatic carboxylic acids is 2. The average molecular weight is 555 g/mol. The highest BCUT2D eigenvalue weighted by molar-refractivity contribution is 5.94. The zero-order chi connectivity index (χ0) is 28.5. The Kier molecular flexibility index (Phi) is 10.6. The van der Waals surface area contributed by atoms with Gasteiger partial charge in [-0.3, -0.25) is 19.8 Å². The highest BCUT2D eigenvalue weighted by Gasteiger charge is 2.39. The third-order valence-corrected chi connectivity index (χ3v) is 5.13. The second-order valence-electron chi connectivity index (χ2n) is 7.86. The van der Waals surface area contributed by atoms with Gasteiger partial charge in [-0.05, 0) is 11.6 Å². The number of hydrogen-bond acceptors (Lipinski definition) is 7. The number of nitrogens with one attached hydrogen (secondary N) is 1. The first kappa shape index (κ1) is 30.5. The number of ether oxygens (including phenoxy) is 1. The molecule has 0 radical (unpaired) electrons. The second kappa shape index (κ2) is 13.2. The molecule has 0 unspecified atom stereocenters. The van der Waals surface area contributed by atoms with Gasteiger partial charge < -0.3 is 19.8 Å². The summed E-state index contributed by atoms with van der Waals surface area (Å²) in [6.07, 6.45) is -5.60. The van der Waals surface area contributed by atoms with Gasteiger partial charge in [0, 0.05) is 62.8 Å². The first-order valence-electron chi connectivity index (χ1n) is 10.8. The first-order valence-corrected chi connectivity index (χ1v) is 10.8. The van der Waals surface area contributed by atoms with Gasteiger partial charge in [-0.25, -0.2) is 9.59 Å². The fourth-order valence-corrected chi connectivity index (χ4v) is 3.33. The molecular weight excluding hydrogens is 532 g/mol. The fourth-order valence-electron chi connectivity index (χ4n) is 3.33. The predicted octanol–water partition coefficient (Wildman–Crippen LogP) is 2.10. The summed E-state index contributed by atoms with van der Waals surface area (Å²) in [7, 11) is 0. The zero-order valence-electron chi connectivity index (χ0n) is 19.6. The van der Waals surface area contributed by atoms with Gasteiger partial charge in [0.2, 0.25) is 0 Å². The minimum Gasteiger partial charge on any atom is -0.475 e. The molecule has 2 aromatic rings. The quantitative estimate of drug-likeness (QED) is 0.484. The van der Waals surface area contributed by atoms with Crippen molar-refractivity contribution in [3.63, 3.8) is 0 Å². The molecule has 1 amide bonds. The summed E-state index contributed by atoms with van der Waals surface area (Å²) in [6, 6.07) is 4.04. The molecule has 0 aliphatic carbocycles. The third kappa shape index (κ3) is 9.29. The molecule has 0 bridgehead atoms. The Hall–Kier alpha value is -3.73. The largest absolute Gasteiger partial charge is 0.490 e. The standard InChI is InChI=1S/C17H21N5O2.2C2HF3O2/c23-17(22-6-8-24-9-7-22)16-14-12-21(5-3-15(14)19-20-16)11-13-2-1-4-18-10-13;2*3-2(4,5)1(6)7/h1-2,4,10H,3,5-9,11-12H2,(H,19,20);2*(H,6,7). The van der Waals surface area contributed by atoms with Crippen molar-refractivity contribution in [3.8, 4) is 0 Å². The average Bonchev–Trinajstić information content (AvgIpc) is 3.27. The van der Waals surface area contributed by atoms with E-state index in [0.717, 1.165) is 37.3 Å². The highest BCUT2D eigenvalue weighted by atomic mass is 19.4. The number of nitrogens with zero attached hydrogens (tertiary/aromatic N) is 4. The van der Waals surface area contributed by atoms with Gasteiger partial charge in [-0.1, -0.05) is 6.07 Å². The number of carbonyl (C=O) groups excluding carboxylic acids is 1. The van der Waals surface area contributed by atoms with Gasteiger partial charge >= 0.3 is 24.3 Å². The monoisotopic (exact) mass is 555 g/mol. The molecule has 210 valence electrons. The molecule has 4 heterocycles. The van der Waals surface area contributed by atoms with E-state index in [0.29, 0.717) is 32.0 Å². The number of rotatable bonds is 3. The summed E-state index contributed by atoms with van der Waals surface area (Å²) in [5.41, 5.74) is 3.89. The molecule has 0 aromatic carbocycles. The molecule has 3 N–H and O–H groups in total. The number of amides is 1. The maximum atomic E-state index is 12.8. The number of alkyl halides is 6. The van der Waals surface area contributed by atoms with Crippen molar-refractivity contribution in [3.05, 3.63) is 47.0 Å². The molecular formula is C21H23F6N5O6. The van der Waals surface area contributed by atoms with E-state index in [1.165, 1.54) is 5.56 Å². The lowest BCUT2D eigenvalue weighted by atomic mass is 10.0. The molecule has 0 spiro atoms. The Bertz CT molecular complexity index is 1060. The van der Waals surface area contributed by atoms with E-state index in [4.69, 9.17) is 24.5 Å². The molecule has 4 rings (SSSR count). The van der Waals surface area contributed by atoms with Gasteiger partial charge in [0.25, 0.3) is 5.91 Å². The fraction of sp³-hybridized carbons (Fsp3) is 0.476. The van der Waals surface area contributed by atoms with Crippen molar-refractivity contribution in [1.29, 1.82) is 0 Å². The molecule has 17 heteroatoms. The third-order valence-electron chi connectivity index (χ3n) is 5.13. The second-order valence-corrected chi connectivity index (χ2v) is 7.86. The Morgan fingerprint density at radius 3 is 2.08 bits per heavy atom. The van der Waals surface area contributed by atoms with Gasteiger partial charge in [0.1, 0.15) is 0 Å². The van der Waals surface area contributed by atoms with Crippen LogP contribution in [0.2, 0.25) is 0 Å². The zero-order valence-corrected chi connectivity index (χ0v) is 19.6. The molecule has 1 fully saturated rings. The lowest BCUT2D eigenvalue weighted by Crippen LogP contribution is -2.41. The Labute approximate surface area is 211 Å². The van der Waals surface area contributed by atoms with E-state index in [9.17, 15) is 31.1 Å². The summed E-state index contributed by atoms with van der Waals surface area (Å²) < 4.78 is 68.8. The predicted molar refractivity (Wildman–Crippen MR) is 115 cm³/mol. The van der Waals surface area contributed by atoms with Gasteiger partial charge in [-0.2, -0.15) is 31.4 Å². The number of carbonyl (C=O) groups is 3. The van der Waals surface area contributed by atoms with Crippen molar-refractivity contribution < 1.29 is 55.7 Å². The van der Waals surface area contributed by atoms with Gasteiger partial charge in [0.05, 0.1) is 13.2 Å². The smallest absolute Gasteiger partial charge is 0.475 e. The van der Waals surface area contributed by atoms with Crippen molar-refractivity contribution in [2.45, 2.75) is 31.9 Å². The summed E-state index contributed by atoms with van der Waals surface area (Å²) in [5.74, 6) is -5.50. The number of fused-ring (bicyclic) bond motifs is 1. The van der Waals surface area contributed by atoms with E-state index in [2.05, 4.69) is 26.1 Å². The van der Waals surface area contributed by atoms with E-state index in [1.807, 2.05) is 17.2 Å². The Balaban J connectivity index is 0.000000301. The summed E-state index contributed by atoms with van der Waals surface area (Å²) >= 11 is 0. The van der Waals surface area contributed by atoms with Crippen LogP contribution in [0.15, 0.2) is 24.5 Å². The lowest BCUT2D eigenvalue weighted by Gasteiger charge is -2.29. The molecule has 38 heavy (non-hydrogen) atoms. The summed E-state index contributed by atoms with van der Waals surface area (Å²) in [5, 5.41) is 21.6. The van der Waals surface area contributed by atoms with Crippen LogP contribution >= 0.6 is 0 Å². The van der Waals surface area contributed by atoms with Crippen LogP contribution < -0.4 is 0 Å². The minimum absolute atomic E-state index is 0.0130. The number of halogens is 6. The van der Waals surface area contributed by atoms with Crippen LogP contribution in [0.5, 0.6) is 0 Å². The molecule has 0 saturated carbocycles. The molecule has 2 aliphatic heterocycles. The van der Waals surface area contributed by atoms with Crippen molar-refractivity contribution in [2.24, 2.45) is 0 Å². The van der Waals surface area contributed by atoms with E-state index in [-0.39, 0.29) is 5.91 Å². The topological polar surface area (TPSA) is 149 Å². The van der Waals surface area contributed by atoms with E-state index < -0.39 is 24.3 Å². The number of pyridine rings is 1. The molecule has 2 aliphatic rings. The summed E-state index contributed by atoms with van der Waals surface area (Å²) in [6.45, 7) is 5.02. The molecule has 11 nitrogen and oxygen atoms in total. The van der Waals surface area contributed by atoms with Gasteiger partial charge in [-0.15, -0.1) is 0 Å². The number of morpholine rings is 1. The van der Waals surface area contributed by atoms with Crippen LogP contribution in [0.4, 0.5) is 26.3 Å². The van der Waals surface area contributed by atoms with E-state index in [1.54, 1.807) is 6.20 Å². The van der Waals surface area contributed by atoms with Crippen LogP contribution in [0.25, 0.3) is 0 Å². The molecule has 0 atom stereocenters. The maximum Gasteiger partial charge on any atom is 0.490 e. The lowest BCUT2D eigenvalue weighted by molar-refractivity contribution is -0.193. The van der Waals surface area contributed by atoms with Crippen molar-refractivity contribution >= 4 is 17.8 Å². The number of aromatic amines is 1. The molecule has 2 aromatic heterocycles. The van der Waals surface area contributed by atoms with Crippen LogP contribution in [0, 0.1) is 0 Å². The number of carboxylic acids is 2. The maximum absolute atomic E-state index is 12.8. The number of hydrogen-bond donors (Lipinski definition) is 3. The van der Waals surface area contributed by atoms with Gasteiger partial charge in [0.15, 0.2) is 5.69 Å². The van der Waals surface area contributed by atoms with Crippen LogP contribution in [-0.2, 0) is 33.8 Å². The van der Waals surface area contributed by atoms with Crippen molar-refractivity contribution in [2.75, 3.05) is 32.8 Å². The van der Waals surface area contributed by atoms with Crippen LogP contribution in [0.3, 0.4) is 0 Å².